The van der Waals surface area contributed by atoms with Gasteiger partial charge in [0.05, 0.1) is 13.1 Å². The first-order chi connectivity index (χ1) is 16.1. The summed E-state index contributed by atoms with van der Waals surface area (Å²) in [5.74, 6) is 0.988. The first-order valence-corrected chi connectivity index (χ1v) is 9.96. The largest absolute Gasteiger partial charge is 0.454 e. The highest BCUT2D eigenvalue weighted by Crippen LogP contribution is 2.32. The minimum Gasteiger partial charge on any atom is -0.454 e. The minimum absolute atomic E-state index is 0.0456. The molecule has 11 heteroatoms. The van der Waals surface area contributed by atoms with Crippen molar-refractivity contribution in [2.24, 2.45) is 0 Å². The second-order valence-electron chi connectivity index (χ2n) is 7.15. The second-order valence-corrected chi connectivity index (χ2v) is 7.15. The van der Waals surface area contributed by atoms with E-state index < -0.39 is 17.2 Å². The molecule has 0 aliphatic carbocycles. The minimum atomic E-state index is -0.732. The van der Waals surface area contributed by atoms with Crippen LogP contribution in [0.15, 0.2) is 68.8 Å². The Morgan fingerprint density at radius 1 is 1.09 bits per heavy atom. The highest BCUT2D eigenvalue weighted by Gasteiger charge is 2.18. The predicted molar refractivity (Wildman–Crippen MR) is 114 cm³/mol. The average molecular weight is 447 g/mol. The van der Waals surface area contributed by atoms with E-state index >= 15 is 0 Å². The number of ether oxygens (including phenoxy) is 2. The molecule has 33 heavy (non-hydrogen) atoms. The number of H-pyrrole nitrogens is 1. The van der Waals surface area contributed by atoms with Gasteiger partial charge in [0, 0.05) is 11.8 Å². The van der Waals surface area contributed by atoms with Crippen molar-refractivity contribution in [2.75, 3.05) is 6.79 Å². The summed E-state index contributed by atoms with van der Waals surface area (Å²) in [4.78, 5) is 44.4. The molecule has 0 fully saturated rings. The zero-order valence-corrected chi connectivity index (χ0v) is 17.1. The maximum Gasteiger partial charge on any atom is 0.328 e. The fraction of sp³-hybridized carbons (Fsp3) is 0.136. The van der Waals surface area contributed by atoms with Crippen LogP contribution in [0, 0.1) is 0 Å². The molecule has 11 nitrogen and oxygen atoms in total. The molecule has 2 aromatic carbocycles. The molecule has 0 atom stereocenters. The number of fused-ring (bicyclic) bond motifs is 1. The molecule has 0 radical (unpaired) electrons. The quantitative estimate of drug-likeness (QED) is 0.450. The van der Waals surface area contributed by atoms with Crippen molar-refractivity contribution in [3.63, 3.8) is 0 Å². The van der Waals surface area contributed by atoms with Gasteiger partial charge in [0.2, 0.25) is 18.5 Å². The number of nitrogens with one attached hydrogen (secondary N) is 2. The van der Waals surface area contributed by atoms with Crippen LogP contribution in [0.3, 0.4) is 0 Å². The SMILES string of the molecule is O=C(NCc1nc(-c2ccccc2)no1)c1c[nH]c(=O)n(Cc2ccc3c(c2)OCO3)c1=O. The summed E-state index contributed by atoms with van der Waals surface area (Å²) in [6, 6.07) is 14.3. The van der Waals surface area contributed by atoms with Crippen LogP contribution in [0.2, 0.25) is 0 Å². The van der Waals surface area contributed by atoms with Crippen LogP contribution in [0.1, 0.15) is 21.8 Å². The standard InChI is InChI=1S/C22H17N5O6/c28-20(23-10-18-25-19(26-33-18)14-4-2-1-3-5-14)15-9-24-22(30)27(21(15)29)11-13-6-7-16-17(8-13)32-12-31-16/h1-9H,10-12H2,(H,23,28)(H,24,30). The third-order valence-corrected chi connectivity index (χ3v) is 4.98. The Morgan fingerprint density at radius 2 is 1.91 bits per heavy atom. The van der Waals surface area contributed by atoms with Crippen LogP contribution in [-0.2, 0) is 13.1 Å². The zero-order valence-electron chi connectivity index (χ0n) is 17.1. The molecule has 1 amide bonds. The normalized spacial score (nSPS) is 12.0. The number of aromatic nitrogens is 4. The number of amides is 1. The fourth-order valence-corrected chi connectivity index (χ4v) is 3.32. The number of benzene rings is 2. The van der Waals surface area contributed by atoms with Gasteiger partial charge in [0.15, 0.2) is 11.5 Å². The first kappa shape index (κ1) is 20.2. The summed E-state index contributed by atoms with van der Waals surface area (Å²) >= 11 is 0. The van der Waals surface area contributed by atoms with Crippen molar-refractivity contribution in [1.82, 2.24) is 25.0 Å². The molecule has 4 aromatic rings. The van der Waals surface area contributed by atoms with Crippen LogP contribution in [-0.4, -0.2) is 32.4 Å². The van der Waals surface area contributed by atoms with E-state index in [1.165, 1.54) is 0 Å². The maximum atomic E-state index is 12.8. The van der Waals surface area contributed by atoms with Crippen molar-refractivity contribution in [3.8, 4) is 22.9 Å². The zero-order chi connectivity index (χ0) is 22.8. The molecule has 1 aliphatic rings. The highest BCUT2D eigenvalue weighted by molar-refractivity contribution is 5.93. The number of nitrogens with zero attached hydrogens (tertiary/aromatic N) is 3. The van der Waals surface area contributed by atoms with Crippen molar-refractivity contribution in [3.05, 3.63) is 92.6 Å². The summed E-state index contributed by atoms with van der Waals surface area (Å²) in [6.07, 6.45) is 1.08. The van der Waals surface area contributed by atoms with Gasteiger partial charge in [-0.3, -0.25) is 14.2 Å². The van der Waals surface area contributed by atoms with E-state index in [1.54, 1.807) is 18.2 Å². The molecule has 3 heterocycles. The lowest BCUT2D eigenvalue weighted by Gasteiger charge is -2.08. The Hall–Kier alpha value is -4.67. The Bertz CT molecular complexity index is 1440. The van der Waals surface area contributed by atoms with Crippen LogP contribution in [0.5, 0.6) is 11.5 Å². The molecular formula is C22H17N5O6. The Kier molecular flexibility index (Phi) is 5.19. The average Bonchev–Trinajstić information content (AvgIpc) is 3.50. The summed E-state index contributed by atoms with van der Waals surface area (Å²) in [5.41, 5.74) is -0.184. The molecule has 2 aromatic heterocycles. The van der Waals surface area contributed by atoms with Crippen LogP contribution < -0.4 is 26.0 Å². The van der Waals surface area contributed by atoms with E-state index in [0.29, 0.717) is 22.9 Å². The van der Waals surface area contributed by atoms with E-state index in [-0.39, 0.29) is 31.3 Å². The Morgan fingerprint density at radius 3 is 2.76 bits per heavy atom. The number of carbonyl (C=O) groups is 1. The summed E-state index contributed by atoms with van der Waals surface area (Å²) in [7, 11) is 0. The van der Waals surface area contributed by atoms with E-state index in [2.05, 4.69) is 20.4 Å². The van der Waals surface area contributed by atoms with E-state index in [1.807, 2.05) is 30.3 Å². The van der Waals surface area contributed by atoms with Gasteiger partial charge in [-0.1, -0.05) is 41.6 Å². The monoisotopic (exact) mass is 447 g/mol. The molecule has 0 saturated heterocycles. The van der Waals surface area contributed by atoms with E-state index in [4.69, 9.17) is 14.0 Å². The van der Waals surface area contributed by atoms with Gasteiger partial charge in [-0.05, 0) is 17.7 Å². The smallest absolute Gasteiger partial charge is 0.328 e. The number of rotatable bonds is 6. The van der Waals surface area contributed by atoms with Crippen molar-refractivity contribution >= 4 is 5.91 Å². The molecule has 0 bridgehead atoms. The van der Waals surface area contributed by atoms with E-state index in [9.17, 15) is 14.4 Å². The number of hydrogen-bond acceptors (Lipinski definition) is 8. The van der Waals surface area contributed by atoms with Gasteiger partial charge in [0.1, 0.15) is 5.56 Å². The molecule has 0 unspecified atom stereocenters. The number of carbonyl (C=O) groups excluding carboxylic acids is 1. The lowest BCUT2D eigenvalue weighted by Crippen LogP contribution is -2.40. The molecule has 5 rings (SSSR count). The summed E-state index contributed by atoms with van der Waals surface area (Å²) in [6.45, 7) is -0.0166. The highest BCUT2D eigenvalue weighted by atomic mass is 16.7. The lowest BCUT2D eigenvalue weighted by molar-refractivity contribution is 0.0943. The van der Waals surface area contributed by atoms with Crippen LogP contribution in [0.4, 0.5) is 0 Å². The van der Waals surface area contributed by atoms with Crippen molar-refractivity contribution in [2.45, 2.75) is 13.1 Å². The third kappa shape index (κ3) is 4.11. The third-order valence-electron chi connectivity index (χ3n) is 4.98. The lowest BCUT2D eigenvalue weighted by atomic mass is 10.2. The van der Waals surface area contributed by atoms with E-state index in [0.717, 1.165) is 16.3 Å². The fourth-order valence-electron chi connectivity index (χ4n) is 3.32. The Labute approximate surface area is 185 Å². The predicted octanol–water partition coefficient (Wildman–Crippen LogP) is 1.29. The maximum absolute atomic E-state index is 12.8. The first-order valence-electron chi connectivity index (χ1n) is 9.96. The van der Waals surface area contributed by atoms with Gasteiger partial charge in [-0.15, -0.1) is 0 Å². The van der Waals surface area contributed by atoms with Gasteiger partial charge in [-0.2, -0.15) is 4.98 Å². The van der Waals surface area contributed by atoms with Gasteiger partial charge >= 0.3 is 5.69 Å². The van der Waals surface area contributed by atoms with Crippen LogP contribution >= 0.6 is 0 Å². The van der Waals surface area contributed by atoms with Gasteiger partial charge < -0.3 is 24.3 Å². The van der Waals surface area contributed by atoms with Crippen molar-refractivity contribution < 1.29 is 18.8 Å². The molecule has 0 saturated carbocycles. The molecule has 1 aliphatic heterocycles. The van der Waals surface area contributed by atoms with Crippen LogP contribution in [0.25, 0.3) is 11.4 Å². The molecule has 166 valence electrons. The Balaban J connectivity index is 1.31. The number of hydrogen-bond donors (Lipinski definition) is 2. The van der Waals surface area contributed by atoms with Gasteiger partial charge in [0.25, 0.3) is 11.5 Å². The second kappa shape index (κ2) is 8.46. The molecule has 2 N–H and O–H groups in total. The van der Waals surface area contributed by atoms with Gasteiger partial charge in [-0.25, -0.2) is 4.79 Å². The summed E-state index contributed by atoms with van der Waals surface area (Å²) in [5, 5.41) is 6.44. The number of aromatic amines is 1. The van der Waals surface area contributed by atoms with Crippen molar-refractivity contribution in [1.29, 1.82) is 0 Å². The topological polar surface area (TPSA) is 141 Å². The molecular weight excluding hydrogens is 430 g/mol. The summed E-state index contributed by atoms with van der Waals surface area (Å²) < 4.78 is 16.7. The molecule has 0 spiro atoms.